The third-order valence-electron chi connectivity index (χ3n) is 4.62. The number of amides is 1. The second kappa shape index (κ2) is 7.01. The third-order valence-corrected chi connectivity index (χ3v) is 4.62. The zero-order valence-electron chi connectivity index (χ0n) is 13.2. The molecule has 2 atom stereocenters. The van der Waals surface area contributed by atoms with Gasteiger partial charge in [0.05, 0.1) is 13.0 Å². The minimum atomic E-state index is 0.146. The Balaban J connectivity index is 1.59. The van der Waals surface area contributed by atoms with Crippen molar-refractivity contribution in [1.29, 1.82) is 0 Å². The summed E-state index contributed by atoms with van der Waals surface area (Å²) in [5, 5.41) is 6.49. The Bertz CT molecular complexity index is 514. The van der Waals surface area contributed by atoms with Crippen molar-refractivity contribution in [2.24, 2.45) is 5.92 Å². The van der Waals surface area contributed by atoms with Crippen LogP contribution in [0, 0.1) is 5.92 Å². The summed E-state index contributed by atoms with van der Waals surface area (Å²) < 4.78 is 5.30. The fourth-order valence-electron chi connectivity index (χ4n) is 3.33. The maximum atomic E-state index is 12.3. The largest absolute Gasteiger partial charge is 0.497 e. The highest BCUT2D eigenvalue weighted by atomic mass is 16.5. The van der Waals surface area contributed by atoms with Gasteiger partial charge in [0.2, 0.25) is 5.91 Å². The first-order chi connectivity index (χ1) is 10.8. The van der Waals surface area contributed by atoms with E-state index >= 15 is 0 Å². The average Bonchev–Trinajstić information content (AvgIpc) is 3.10. The lowest BCUT2D eigenvalue weighted by Gasteiger charge is -2.35. The van der Waals surface area contributed by atoms with Crippen LogP contribution in [0.5, 0.6) is 5.75 Å². The molecule has 0 radical (unpaired) electrons. The van der Waals surface area contributed by atoms with Crippen LogP contribution in [-0.4, -0.2) is 45.2 Å². The molecule has 2 fully saturated rings. The predicted octanol–water partition coefficient (Wildman–Crippen LogP) is 1.39. The molecule has 2 aliphatic rings. The molecule has 1 amide bonds. The van der Waals surface area contributed by atoms with Crippen molar-refractivity contribution in [2.75, 3.05) is 38.2 Å². The van der Waals surface area contributed by atoms with Gasteiger partial charge in [0.15, 0.2) is 0 Å². The van der Waals surface area contributed by atoms with Gasteiger partial charge in [-0.15, -0.1) is 0 Å². The quantitative estimate of drug-likeness (QED) is 0.882. The summed E-state index contributed by atoms with van der Waals surface area (Å²) in [5.41, 5.74) is 1.17. The van der Waals surface area contributed by atoms with Crippen LogP contribution in [0.3, 0.4) is 0 Å². The fraction of sp³-hybridized carbons (Fsp3) is 0.588. The van der Waals surface area contributed by atoms with Gasteiger partial charge in [-0.2, -0.15) is 0 Å². The van der Waals surface area contributed by atoms with Crippen molar-refractivity contribution >= 4 is 11.6 Å². The fourth-order valence-corrected chi connectivity index (χ4v) is 3.33. The number of carbonyl (C=O) groups is 1. The van der Waals surface area contributed by atoms with Crippen molar-refractivity contribution < 1.29 is 9.53 Å². The molecule has 120 valence electrons. The molecular weight excluding hydrogens is 278 g/mol. The maximum Gasteiger partial charge on any atom is 0.224 e. The summed E-state index contributed by atoms with van der Waals surface area (Å²) in [5.74, 6) is 1.23. The van der Waals surface area contributed by atoms with E-state index in [0.29, 0.717) is 0 Å². The van der Waals surface area contributed by atoms with Gasteiger partial charge in [-0.25, -0.2) is 0 Å². The molecule has 0 spiro atoms. The number of anilines is 1. The summed E-state index contributed by atoms with van der Waals surface area (Å²) in [6.07, 6.45) is 3.12. The van der Waals surface area contributed by atoms with Crippen LogP contribution in [0.15, 0.2) is 24.3 Å². The number of nitrogens with zero attached hydrogens (tertiary/aromatic N) is 1. The summed E-state index contributed by atoms with van der Waals surface area (Å²) in [6, 6.07) is 8.38. The highest BCUT2D eigenvalue weighted by molar-refractivity contribution is 5.79. The molecule has 0 aliphatic carbocycles. The van der Waals surface area contributed by atoms with E-state index in [1.54, 1.807) is 7.11 Å². The van der Waals surface area contributed by atoms with Crippen molar-refractivity contribution in [3.05, 3.63) is 24.3 Å². The molecule has 0 aromatic heterocycles. The zero-order valence-corrected chi connectivity index (χ0v) is 13.2. The molecule has 2 heterocycles. The van der Waals surface area contributed by atoms with E-state index in [4.69, 9.17) is 4.74 Å². The summed E-state index contributed by atoms with van der Waals surface area (Å²) >= 11 is 0. The first-order valence-electron chi connectivity index (χ1n) is 8.16. The monoisotopic (exact) mass is 303 g/mol. The Morgan fingerprint density at radius 3 is 3.09 bits per heavy atom. The molecule has 2 unspecified atom stereocenters. The molecule has 0 saturated carbocycles. The van der Waals surface area contributed by atoms with Gasteiger partial charge in [0.25, 0.3) is 0 Å². The molecule has 1 aromatic carbocycles. The standard InChI is InChI=1S/C17H25N3O2/c1-22-16-6-2-5-15(10-16)20-9-3-4-14(12-20)19-17(21)13-7-8-18-11-13/h2,5-6,10,13-14,18H,3-4,7-9,11-12H2,1H3,(H,19,21). The van der Waals surface area contributed by atoms with E-state index in [1.165, 1.54) is 5.69 Å². The lowest BCUT2D eigenvalue weighted by Crippen LogP contribution is -2.49. The molecule has 22 heavy (non-hydrogen) atoms. The van der Waals surface area contributed by atoms with Gasteiger partial charge in [-0.1, -0.05) is 6.07 Å². The van der Waals surface area contributed by atoms with Gasteiger partial charge < -0.3 is 20.3 Å². The molecular formula is C17H25N3O2. The van der Waals surface area contributed by atoms with Crippen LogP contribution >= 0.6 is 0 Å². The lowest BCUT2D eigenvalue weighted by atomic mass is 10.0. The summed E-state index contributed by atoms with van der Waals surface area (Å²) in [6.45, 7) is 3.68. The van der Waals surface area contributed by atoms with E-state index in [-0.39, 0.29) is 17.9 Å². The van der Waals surface area contributed by atoms with E-state index in [2.05, 4.69) is 27.7 Å². The maximum absolute atomic E-state index is 12.3. The van der Waals surface area contributed by atoms with Crippen molar-refractivity contribution in [2.45, 2.75) is 25.3 Å². The number of hydrogen-bond acceptors (Lipinski definition) is 4. The van der Waals surface area contributed by atoms with Crippen molar-refractivity contribution in [3.63, 3.8) is 0 Å². The number of rotatable bonds is 4. The number of carbonyl (C=O) groups excluding carboxylic acids is 1. The van der Waals surface area contributed by atoms with Gasteiger partial charge in [-0.05, 0) is 37.9 Å². The molecule has 5 heteroatoms. The first kappa shape index (κ1) is 15.2. The van der Waals surface area contributed by atoms with E-state index in [0.717, 1.165) is 51.2 Å². The number of ether oxygens (including phenoxy) is 1. The molecule has 2 saturated heterocycles. The Morgan fingerprint density at radius 2 is 2.32 bits per heavy atom. The Morgan fingerprint density at radius 1 is 1.41 bits per heavy atom. The van der Waals surface area contributed by atoms with Gasteiger partial charge in [0.1, 0.15) is 5.75 Å². The van der Waals surface area contributed by atoms with Crippen LogP contribution < -0.4 is 20.3 Å². The highest BCUT2D eigenvalue weighted by Gasteiger charge is 2.27. The smallest absolute Gasteiger partial charge is 0.224 e. The van der Waals surface area contributed by atoms with E-state index in [9.17, 15) is 4.79 Å². The topological polar surface area (TPSA) is 53.6 Å². The second-order valence-corrected chi connectivity index (χ2v) is 6.18. The molecule has 5 nitrogen and oxygen atoms in total. The second-order valence-electron chi connectivity index (χ2n) is 6.18. The molecule has 0 bridgehead atoms. The molecule has 1 aromatic rings. The third kappa shape index (κ3) is 3.53. The van der Waals surface area contributed by atoms with Crippen molar-refractivity contribution in [3.8, 4) is 5.75 Å². The van der Waals surface area contributed by atoms with Crippen LogP contribution in [0.25, 0.3) is 0 Å². The highest BCUT2D eigenvalue weighted by Crippen LogP contribution is 2.24. The van der Waals surface area contributed by atoms with Gasteiger partial charge in [-0.3, -0.25) is 4.79 Å². The molecule has 3 rings (SSSR count). The average molecular weight is 303 g/mol. The van der Waals surface area contributed by atoms with Crippen LogP contribution in [0.4, 0.5) is 5.69 Å². The minimum Gasteiger partial charge on any atom is -0.497 e. The van der Waals surface area contributed by atoms with E-state index in [1.807, 2.05) is 12.1 Å². The number of methoxy groups -OCH3 is 1. The van der Waals surface area contributed by atoms with Crippen LogP contribution in [0.1, 0.15) is 19.3 Å². The number of benzene rings is 1. The van der Waals surface area contributed by atoms with E-state index < -0.39 is 0 Å². The summed E-state index contributed by atoms with van der Waals surface area (Å²) in [4.78, 5) is 14.6. The van der Waals surface area contributed by atoms with Crippen LogP contribution in [-0.2, 0) is 4.79 Å². The van der Waals surface area contributed by atoms with Gasteiger partial charge in [0, 0.05) is 37.4 Å². The van der Waals surface area contributed by atoms with Gasteiger partial charge >= 0.3 is 0 Å². The van der Waals surface area contributed by atoms with Crippen LogP contribution in [0.2, 0.25) is 0 Å². The Labute approximate surface area is 132 Å². The zero-order chi connectivity index (χ0) is 15.4. The minimum absolute atomic E-state index is 0.146. The summed E-state index contributed by atoms with van der Waals surface area (Å²) in [7, 11) is 1.69. The Kier molecular flexibility index (Phi) is 4.83. The number of hydrogen-bond donors (Lipinski definition) is 2. The molecule has 2 N–H and O–H groups in total. The normalized spacial score (nSPS) is 25.0. The van der Waals surface area contributed by atoms with Crippen molar-refractivity contribution in [1.82, 2.24) is 10.6 Å². The number of piperidine rings is 1. The number of nitrogens with one attached hydrogen (secondary N) is 2. The first-order valence-corrected chi connectivity index (χ1v) is 8.16. The predicted molar refractivity (Wildman–Crippen MR) is 87.3 cm³/mol. The molecule has 2 aliphatic heterocycles. The SMILES string of the molecule is COc1cccc(N2CCCC(NC(=O)C3CCNC3)C2)c1. The lowest BCUT2D eigenvalue weighted by molar-refractivity contribution is -0.125. The Hall–Kier alpha value is -1.75.